The zero-order valence-corrected chi connectivity index (χ0v) is 6.00. The number of allylic oxidation sites excluding steroid dienone is 1. The van der Waals surface area contributed by atoms with Gasteiger partial charge in [-0.1, -0.05) is 6.92 Å². The number of aliphatic imine (C=N–C) groups is 2. The molecule has 11 heavy (non-hydrogen) atoms. The van der Waals surface area contributed by atoms with Crippen LogP contribution in [0.1, 0.15) is 13.3 Å². The van der Waals surface area contributed by atoms with E-state index in [1.807, 2.05) is 6.92 Å². The van der Waals surface area contributed by atoms with E-state index in [0.717, 1.165) is 0 Å². The van der Waals surface area contributed by atoms with Crippen molar-refractivity contribution in [1.82, 2.24) is 0 Å². The Labute approximate surface area is 64.1 Å². The van der Waals surface area contributed by atoms with E-state index in [1.165, 1.54) is 0 Å². The van der Waals surface area contributed by atoms with E-state index in [-0.39, 0.29) is 11.4 Å². The second kappa shape index (κ2) is 2.91. The number of nitriles is 1. The second-order valence-electron chi connectivity index (χ2n) is 1.91. The Morgan fingerprint density at radius 2 is 2.27 bits per heavy atom. The summed E-state index contributed by atoms with van der Waals surface area (Å²) in [6.45, 7) is 1.87. The van der Waals surface area contributed by atoms with Crippen molar-refractivity contribution < 1.29 is 0 Å². The van der Waals surface area contributed by atoms with Gasteiger partial charge < -0.3 is 5.41 Å². The van der Waals surface area contributed by atoms with E-state index >= 15 is 0 Å². The fourth-order valence-corrected chi connectivity index (χ4v) is 0.703. The van der Waals surface area contributed by atoms with Crippen LogP contribution in [0.5, 0.6) is 0 Å². The molecule has 0 aromatic rings. The minimum Gasteiger partial charge on any atom is -0.761 e. The maximum atomic E-state index is 8.45. The summed E-state index contributed by atoms with van der Waals surface area (Å²) < 4.78 is 0. The number of nitrogens with zero attached hydrogens (tertiary/aromatic N) is 4. The zero-order valence-electron chi connectivity index (χ0n) is 6.00. The molecule has 0 amide bonds. The first-order valence-electron chi connectivity index (χ1n) is 3.15. The highest BCUT2D eigenvalue weighted by molar-refractivity contribution is 6.24. The Morgan fingerprint density at radius 1 is 1.55 bits per heavy atom. The average molecular weight is 145 g/mol. The standard InChI is InChI=1S/C7H5N4/c1-2-7-10-5(3-8)6(4-9)11-7/h2H2,1H3/q-1. The molecule has 1 rings (SSSR count). The summed E-state index contributed by atoms with van der Waals surface area (Å²) in [5.74, 6) is 2.36. The van der Waals surface area contributed by atoms with Gasteiger partial charge in [0.15, 0.2) is 5.71 Å². The Morgan fingerprint density at radius 3 is 2.64 bits per heavy atom. The van der Waals surface area contributed by atoms with Crippen LogP contribution in [0.25, 0.3) is 5.41 Å². The Bertz CT molecular complexity index is 323. The van der Waals surface area contributed by atoms with Crippen molar-refractivity contribution in [3.63, 3.8) is 0 Å². The smallest absolute Gasteiger partial charge is 0.174 e. The highest BCUT2D eigenvalue weighted by Gasteiger charge is 2.12. The van der Waals surface area contributed by atoms with Crippen LogP contribution in [0.15, 0.2) is 15.7 Å². The predicted octanol–water partition coefficient (Wildman–Crippen LogP) is 0.896. The van der Waals surface area contributed by atoms with E-state index in [9.17, 15) is 0 Å². The first-order chi connectivity index (χ1) is 5.31. The van der Waals surface area contributed by atoms with Crippen molar-refractivity contribution in [3.8, 4) is 6.07 Å². The lowest BCUT2D eigenvalue weighted by Gasteiger charge is -1.84. The van der Waals surface area contributed by atoms with Crippen LogP contribution < -0.4 is 0 Å². The van der Waals surface area contributed by atoms with E-state index < -0.39 is 0 Å². The highest BCUT2D eigenvalue weighted by atomic mass is 15.0. The van der Waals surface area contributed by atoms with Crippen molar-refractivity contribution in [2.24, 2.45) is 9.98 Å². The Balaban J connectivity index is 3.07. The van der Waals surface area contributed by atoms with Gasteiger partial charge in [-0.2, -0.15) is 5.26 Å². The third kappa shape index (κ3) is 1.23. The fourth-order valence-electron chi connectivity index (χ4n) is 0.703. The average Bonchev–Trinajstić information content (AvgIpc) is 2.46. The lowest BCUT2D eigenvalue weighted by Crippen LogP contribution is -1.92. The maximum absolute atomic E-state index is 8.45. The molecule has 0 radical (unpaired) electrons. The van der Waals surface area contributed by atoms with Gasteiger partial charge in [0.2, 0.25) is 0 Å². The van der Waals surface area contributed by atoms with Gasteiger partial charge in [0.05, 0.1) is 0 Å². The lowest BCUT2D eigenvalue weighted by atomic mass is 10.3. The SMILES string of the molecule is CCC1=NC(=C=[N-])C(C#N)=N1. The number of rotatable bonds is 1. The summed E-state index contributed by atoms with van der Waals surface area (Å²) in [6, 6.07) is 1.81. The quantitative estimate of drug-likeness (QED) is 0.505. The van der Waals surface area contributed by atoms with Gasteiger partial charge in [0.25, 0.3) is 0 Å². The molecule has 0 saturated carbocycles. The molecule has 0 unspecified atom stereocenters. The van der Waals surface area contributed by atoms with Crippen molar-refractivity contribution in [2.45, 2.75) is 13.3 Å². The molecule has 54 valence electrons. The first kappa shape index (κ1) is 7.39. The molecular formula is C7H5N4-. The van der Waals surface area contributed by atoms with Crippen LogP contribution in [-0.4, -0.2) is 17.4 Å². The molecule has 0 N–H and O–H groups in total. The first-order valence-corrected chi connectivity index (χ1v) is 3.15. The lowest BCUT2D eigenvalue weighted by molar-refractivity contribution is 1.25. The molecule has 1 heterocycles. The van der Waals surface area contributed by atoms with Gasteiger partial charge in [-0.05, 0) is 0 Å². The molecule has 4 nitrogen and oxygen atoms in total. The minimum atomic E-state index is 0.129. The minimum absolute atomic E-state index is 0.129. The Kier molecular flexibility index (Phi) is 1.95. The van der Waals surface area contributed by atoms with Crippen LogP contribution in [-0.2, 0) is 0 Å². The highest BCUT2D eigenvalue weighted by Crippen LogP contribution is 2.08. The summed E-state index contributed by atoms with van der Waals surface area (Å²) in [4.78, 5) is 7.65. The van der Waals surface area contributed by atoms with E-state index in [4.69, 9.17) is 10.7 Å². The summed E-state index contributed by atoms with van der Waals surface area (Å²) in [5.41, 5.74) is 0.258. The van der Waals surface area contributed by atoms with Gasteiger partial charge in [-0.3, -0.25) is 0 Å². The molecule has 0 fully saturated rings. The second-order valence-corrected chi connectivity index (χ2v) is 1.91. The Hall–Kier alpha value is -1.72. The summed E-state index contributed by atoms with van der Waals surface area (Å²) in [5, 5.41) is 16.9. The molecule has 4 heteroatoms. The zero-order chi connectivity index (χ0) is 8.27. The summed E-state index contributed by atoms with van der Waals surface area (Å²) in [7, 11) is 0. The van der Waals surface area contributed by atoms with Crippen LogP contribution >= 0.6 is 0 Å². The van der Waals surface area contributed by atoms with Crippen LogP contribution in [0.3, 0.4) is 0 Å². The van der Waals surface area contributed by atoms with Gasteiger partial charge in [0, 0.05) is 6.42 Å². The molecule has 0 aromatic carbocycles. The largest absolute Gasteiger partial charge is 0.761 e. The van der Waals surface area contributed by atoms with Crippen LogP contribution in [0.4, 0.5) is 0 Å². The molecule has 0 saturated heterocycles. The summed E-state index contributed by atoms with van der Waals surface area (Å²) >= 11 is 0. The third-order valence-corrected chi connectivity index (χ3v) is 1.23. The molecule has 0 aliphatic carbocycles. The number of hydrogen-bond acceptors (Lipinski definition) is 3. The third-order valence-electron chi connectivity index (χ3n) is 1.23. The molecule has 0 atom stereocenters. The molecule has 0 bridgehead atoms. The van der Waals surface area contributed by atoms with Gasteiger partial charge in [0.1, 0.15) is 17.6 Å². The number of hydrogen-bond donors (Lipinski definition) is 0. The fraction of sp³-hybridized carbons (Fsp3) is 0.286. The molecule has 0 aromatic heterocycles. The molecule has 1 aliphatic heterocycles. The molecule has 0 spiro atoms. The predicted molar refractivity (Wildman–Crippen MR) is 42.7 cm³/mol. The van der Waals surface area contributed by atoms with Gasteiger partial charge >= 0.3 is 0 Å². The normalized spacial score (nSPS) is 15.1. The van der Waals surface area contributed by atoms with E-state index in [2.05, 4.69) is 9.98 Å². The van der Waals surface area contributed by atoms with Gasteiger partial charge in [-0.15, -0.1) is 0 Å². The molecule has 1 aliphatic rings. The topological polar surface area (TPSA) is 70.8 Å². The van der Waals surface area contributed by atoms with E-state index in [1.54, 1.807) is 11.9 Å². The van der Waals surface area contributed by atoms with Gasteiger partial charge in [-0.25, -0.2) is 15.9 Å². The van der Waals surface area contributed by atoms with Crippen molar-refractivity contribution in [1.29, 1.82) is 5.26 Å². The van der Waals surface area contributed by atoms with E-state index in [0.29, 0.717) is 12.3 Å². The van der Waals surface area contributed by atoms with Crippen LogP contribution in [0, 0.1) is 11.3 Å². The van der Waals surface area contributed by atoms with Crippen molar-refractivity contribution >= 4 is 17.4 Å². The maximum Gasteiger partial charge on any atom is 0.174 e. The molecular weight excluding hydrogens is 140 g/mol. The summed E-state index contributed by atoms with van der Waals surface area (Å²) in [6.07, 6.45) is 0.649. The van der Waals surface area contributed by atoms with Crippen LogP contribution in [0.2, 0.25) is 0 Å². The van der Waals surface area contributed by atoms with Crippen molar-refractivity contribution in [2.75, 3.05) is 0 Å². The number of amidine groups is 1. The van der Waals surface area contributed by atoms with Crippen molar-refractivity contribution in [3.05, 3.63) is 11.1 Å². The monoisotopic (exact) mass is 145 g/mol.